The van der Waals surface area contributed by atoms with Gasteiger partial charge >= 0.3 is 0 Å². The molecule has 1 fully saturated rings. The number of aryl methyl sites for hydroxylation is 3. The molecule has 1 N–H and O–H groups in total. The summed E-state index contributed by atoms with van der Waals surface area (Å²) in [6, 6.07) is 13.7. The van der Waals surface area contributed by atoms with Crippen LogP contribution in [0.15, 0.2) is 52.5 Å². The highest BCUT2D eigenvalue weighted by Gasteiger charge is 2.58. The van der Waals surface area contributed by atoms with E-state index in [0.29, 0.717) is 29.7 Å². The Balaban J connectivity index is 1.96. The summed E-state index contributed by atoms with van der Waals surface area (Å²) in [6.07, 6.45) is 1.10. The van der Waals surface area contributed by atoms with Crippen LogP contribution in [0.1, 0.15) is 42.0 Å². The van der Waals surface area contributed by atoms with Crippen molar-refractivity contribution in [3.63, 3.8) is 0 Å². The molecule has 2 aromatic carbocycles. The number of hydrogen-bond donors (Lipinski definition) is 1. The Kier molecular flexibility index (Phi) is 6.09. The zero-order chi connectivity index (χ0) is 22.2. The largest absolute Gasteiger partial charge is 0.353 e. The first-order valence-corrected chi connectivity index (χ1v) is 11.4. The number of hydrogen-bond acceptors (Lipinski definition) is 5. The predicted molar refractivity (Wildman–Crippen MR) is 118 cm³/mol. The van der Waals surface area contributed by atoms with Crippen LogP contribution in [0.3, 0.4) is 0 Å². The molecular weight excluding hydrogens is 400 g/mol. The Morgan fingerprint density at radius 2 is 1.53 bits per heavy atom. The summed E-state index contributed by atoms with van der Waals surface area (Å²) in [6.45, 7) is 7.39. The monoisotopic (exact) mass is 430 g/mol. The van der Waals surface area contributed by atoms with Gasteiger partial charge < -0.3 is 9.47 Å². The number of rotatable bonds is 7. The number of sulfonamides is 1. The molecule has 7 heteroatoms. The van der Waals surface area contributed by atoms with Crippen molar-refractivity contribution in [2.45, 2.75) is 56.6 Å². The van der Waals surface area contributed by atoms with Crippen molar-refractivity contribution in [2.75, 3.05) is 14.2 Å². The van der Waals surface area contributed by atoms with Crippen LogP contribution in [0.25, 0.3) is 0 Å². The number of hydrazone groups is 1. The fourth-order valence-electron chi connectivity index (χ4n) is 4.54. The SMILES string of the molecule is COC1(OC)CC(/C(C)=N/NS(=O)(=O)c2c(C)cc(C)cc2C)(c2ccccc2)C1. The summed E-state index contributed by atoms with van der Waals surface area (Å²) >= 11 is 0. The van der Waals surface area contributed by atoms with Crippen molar-refractivity contribution in [1.82, 2.24) is 4.83 Å². The molecule has 3 rings (SSSR count). The van der Waals surface area contributed by atoms with Gasteiger partial charge in [-0.25, -0.2) is 4.83 Å². The van der Waals surface area contributed by atoms with E-state index >= 15 is 0 Å². The molecule has 0 heterocycles. The topological polar surface area (TPSA) is 77.0 Å². The summed E-state index contributed by atoms with van der Waals surface area (Å²) in [5, 5.41) is 4.35. The minimum absolute atomic E-state index is 0.273. The van der Waals surface area contributed by atoms with Gasteiger partial charge in [-0.3, -0.25) is 0 Å². The second-order valence-electron chi connectivity index (χ2n) is 8.14. The van der Waals surface area contributed by atoms with Crippen molar-refractivity contribution < 1.29 is 17.9 Å². The smallest absolute Gasteiger partial charge is 0.277 e. The van der Waals surface area contributed by atoms with Crippen molar-refractivity contribution in [3.05, 3.63) is 64.7 Å². The minimum atomic E-state index is -3.80. The van der Waals surface area contributed by atoms with Gasteiger partial charge in [0.25, 0.3) is 10.0 Å². The molecule has 0 amide bonds. The third-order valence-electron chi connectivity index (χ3n) is 6.11. The van der Waals surface area contributed by atoms with Crippen LogP contribution in [-0.4, -0.2) is 34.1 Å². The predicted octanol–water partition coefficient (Wildman–Crippen LogP) is 3.99. The molecule has 6 nitrogen and oxygen atoms in total. The number of methoxy groups -OCH3 is 2. The highest BCUT2D eigenvalue weighted by molar-refractivity contribution is 7.89. The molecular formula is C23H30N2O4S. The zero-order valence-electron chi connectivity index (χ0n) is 18.4. The van der Waals surface area contributed by atoms with E-state index in [4.69, 9.17) is 9.47 Å². The zero-order valence-corrected chi connectivity index (χ0v) is 19.3. The lowest BCUT2D eigenvalue weighted by atomic mass is 9.58. The Hall–Kier alpha value is -2.22. The van der Waals surface area contributed by atoms with Crippen LogP contribution in [0.4, 0.5) is 0 Å². The maximum Gasteiger partial charge on any atom is 0.277 e. The van der Waals surface area contributed by atoms with Crippen molar-refractivity contribution >= 4 is 15.7 Å². The van der Waals surface area contributed by atoms with Gasteiger partial charge in [0.1, 0.15) is 0 Å². The molecule has 162 valence electrons. The van der Waals surface area contributed by atoms with E-state index < -0.39 is 21.2 Å². The van der Waals surface area contributed by atoms with Crippen LogP contribution in [0, 0.1) is 20.8 Å². The van der Waals surface area contributed by atoms with Crippen LogP contribution >= 0.6 is 0 Å². The van der Waals surface area contributed by atoms with E-state index in [9.17, 15) is 8.42 Å². The maximum atomic E-state index is 13.0. The molecule has 2 aromatic rings. The highest BCUT2D eigenvalue weighted by atomic mass is 32.2. The summed E-state index contributed by atoms with van der Waals surface area (Å²) in [5.74, 6) is -0.699. The molecule has 0 unspecified atom stereocenters. The van der Waals surface area contributed by atoms with E-state index in [1.165, 1.54) is 0 Å². The van der Waals surface area contributed by atoms with E-state index in [1.54, 1.807) is 28.1 Å². The fraction of sp³-hybridized carbons (Fsp3) is 0.435. The van der Waals surface area contributed by atoms with E-state index in [2.05, 4.69) is 9.93 Å². The third-order valence-corrected chi connectivity index (χ3v) is 7.63. The lowest BCUT2D eigenvalue weighted by molar-refractivity contribution is -0.267. The molecule has 1 aliphatic rings. The fourth-order valence-corrected chi connectivity index (χ4v) is 5.85. The Labute approximate surface area is 179 Å². The standard InChI is InChI=1S/C23H30N2O4S/c1-16-12-17(2)21(18(3)13-16)30(26,27)25-24-19(4)22(20-10-8-7-9-11-20)14-23(15-22,28-5)29-6/h7-13,25H,14-15H2,1-6H3/b24-19+. The normalized spacial score (nSPS) is 18.0. The Morgan fingerprint density at radius 3 is 2.03 bits per heavy atom. The van der Waals surface area contributed by atoms with Gasteiger partial charge in [-0.15, -0.1) is 0 Å². The second-order valence-corrected chi connectivity index (χ2v) is 9.74. The minimum Gasteiger partial charge on any atom is -0.353 e. The highest BCUT2D eigenvalue weighted by Crippen LogP contribution is 2.53. The molecule has 0 aliphatic heterocycles. The Bertz CT molecular complexity index is 1030. The first-order chi connectivity index (χ1) is 14.1. The van der Waals surface area contributed by atoms with Crippen molar-refractivity contribution in [1.29, 1.82) is 0 Å². The molecule has 0 saturated heterocycles. The van der Waals surface area contributed by atoms with E-state index in [1.807, 2.05) is 56.3 Å². The lowest BCUT2D eigenvalue weighted by Crippen LogP contribution is -2.60. The molecule has 0 radical (unpaired) electrons. The second kappa shape index (κ2) is 8.13. The van der Waals surface area contributed by atoms with Gasteiger partial charge in [-0.1, -0.05) is 48.0 Å². The first kappa shape index (κ1) is 22.5. The molecule has 0 spiro atoms. The average molecular weight is 431 g/mol. The van der Waals surface area contributed by atoms with Crippen LogP contribution < -0.4 is 4.83 Å². The molecule has 1 aliphatic carbocycles. The number of benzene rings is 2. The van der Waals surface area contributed by atoms with E-state index in [0.717, 1.165) is 11.1 Å². The number of nitrogens with zero attached hydrogens (tertiary/aromatic N) is 1. The first-order valence-electron chi connectivity index (χ1n) is 9.89. The van der Waals surface area contributed by atoms with Gasteiger partial charge in [0.15, 0.2) is 5.79 Å². The quantitative estimate of drug-likeness (QED) is 0.409. The summed E-state index contributed by atoms with van der Waals surface area (Å²) in [7, 11) is -0.557. The molecule has 1 saturated carbocycles. The van der Waals surface area contributed by atoms with Crippen LogP contribution in [0.2, 0.25) is 0 Å². The Morgan fingerprint density at radius 1 is 1.00 bits per heavy atom. The molecule has 0 atom stereocenters. The molecule has 0 bridgehead atoms. The van der Waals surface area contributed by atoms with Crippen molar-refractivity contribution in [2.24, 2.45) is 5.10 Å². The van der Waals surface area contributed by atoms with Crippen molar-refractivity contribution in [3.8, 4) is 0 Å². The van der Waals surface area contributed by atoms with Gasteiger partial charge in [0, 0.05) is 38.2 Å². The number of nitrogens with one attached hydrogen (secondary N) is 1. The maximum absolute atomic E-state index is 13.0. The van der Waals surface area contributed by atoms with Gasteiger partial charge in [-0.05, 0) is 44.4 Å². The van der Waals surface area contributed by atoms with Gasteiger partial charge in [0.2, 0.25) is 0 Å². The summed E-state index contributed by atoms with van der Waals surface area (Å²) in [5.41, 5.74) is 3.69. The van der Waals surface area contributed by atoms with Gasteiger partial charge in [0.05, 0.1) is 4.90 Å². The van der Waals surface area contributed by atoms with Gasteiger partial charge in [-0.2, -0.15) is 13.5 Å². The number of ether oxygens (including phenoxy) is 2. The van der Waals surface area contributed by atoms with Crippen LogP contribution in [0.5, 0.6) is 0 Å². The summed E-state index contributed by atoms with van der Waals surface area (Å²) < 4.78 is 37.2. The van der Waals surface area contributed by atoms with E-state index in [-0.39, 0.29) is 4.90 Å². The van der Waals surface area contributed by atoms with Crippen LogP contribution in [-0.2, 0) is 24.9 Å². The lowest BCUT2D eigenvalue weighted by Gasteiger charge is -2.54. The average Bonchev–Trinajstić information content (AvgIpc) is 2.66. The third kappa shape index (κ3) is 3.89. The summed E-state index contributed by atoms with van der Waals surface area (Å²) in [4.78, 5) is 2.74. The molecule has 0 aromatic heterocycles. The molecule has 30 heavy (non-hydrogen) atoms.